The highest BCUT2D eigenvalue weighted by Gasteiger charge is 2.25. The largest absolute Gasteiger partial charge is 0.207 e. The number of nitriles is 1. The summed E-state index contributed by atoms with van der Waals surface area (Å²) >= 11 is 0. The minimum atomic E-state index is -0.124. The molecule has 1 aromatic rings. The van der Waals surface area contributed by atoms with E-state index in [0.29, 0.717) is 5.92 Å². The smallest absolute Gasteiger partial charge is 0.123 e. The lowest BCUT2D eigenvalue weighted by atomic mass is 9.74. The number of hydrogen-bond acceptors (Lipinski definition) is 1. The quantitative estimate of drug-likeness (QED) is 0.323. The minimum absolute atomic E-state index is 0.124. The van der Waals surface area contributed by atoms with Gasteiger partial charge in [-0.05, 0) is 79.9 Å². The summed E-state index contributed by atoms with van der Waals surface area (Å²) in [5.74, 6) is 3.29. The number of rotatable bonds is 8. The highest BCUT2D eigenvalue weighted by atomic mass is 19.1. The zero-order valence-corrected chi connectivity index (χ0v) is 17.7. The highest BCUT2D eigenvalue weighted by molar-refractivity contribution is 5.20. The fourth-order valence-corrected chi connectivity index (χ4v) is 5.40. The Morgan fingerprint density at radius 1 is 0.793 bits per heavy atom. The van der Waals surface area contributed by atoms with Crippen LogP contribution in [0.1, 0.15) is 88.5 Å². The topological polar surface area (TPSA) is 23.8 Å². The Morgan fingerprint density at radius 2 is 1.34 bits per heavy atom. The van der Waals surface area contributed by atoms with Crippen molar-refractivity contribution in [2.75, 3.05) is 0 Å². The van der Waals surface area contributed by atoms with Crippen LogP contribution in [0.15, 0.2) is 48.6 Å². The molecule has 3 rings (SSSR count). The molecule has 0 amide bonds. The van der Waals surface area contributed by atoms with Crippen LogP contribution in [0.25, 0.3) is 0 Å². The third-order valence-corrected chi connectivity index (χ3v) is 7.30. The number of halogens is 1. The van der Waals surface area contributed by atoms with E-state index in [9.17, 15) is 4.39 Å². The van der Waals surface area contributed by atoms with Crippen molar-refractivity contribution in [3.05, 3.63) is 60.0 Å². The summed E-state index contributed by atoms with van der Waals surface area (Å²) < 4.78 is 13.1. The average molecular weight is 394 g/mol. The number of nitrogens with zero attached hydrogens (tertiary/aromatic N) is 1. The molecule has 2 heteroatoms. The predicted molar refractivity (Wildman–Crippen MR) is 119 cm³/mol. The molecule has 0 radical (unpaired) electrons. The van der Waals surface area contributed by atoms with E-state index >= 15 is 0 Å². The predicted octanol–water partition coefficient (Wildman–Crippen LogP) is 8.10. The molecule has 0 N–H and O–H groups in total. The molecule has 0 spiro atoms. The van der Waals surface area contributed by atoms with Gasteiger partial charge in [0.1, 0.15) is 5.82 Å². The van der Waals surface area contributed by atoms with Crippen LogP contribution >= 0.6 is 0 Å². The molecule has 0 aromatic heterocycles. The number of hydrogen-bond donors (Lipinski definition) is 0. The summed E-state index contributed by atoms with van der Waals surface area (Å²) in [7, 11) is 0. The van der Waals surface area contributed by atoms with Gasteiger partial charge >= 0.3 is 0 Å². The van der Waals surface area contributed by atoms with Gasteiger partial charge < -0.3 is 0 Å². The van der Waals surface area contributed by atoms with E-state index in [-0.39, 0.29) is 5.82 Å². The molecule has 2 saturated carbocycles. The molecule has 0 bridgehead atoms. The van der Waals surface area contributed by atoms with Gasteiger partial charge in [-0.15, -0.1) is 0 Å². The lowest BCUT2D eigenvalue weighted by molar-refractivity contribution is 0.225. The van der Waals surface area contributed by atoms with Gasteiger partial charge in [0.05, 0.1) is 6.07 Å². The molecule has 0 saturated heterocycles. The van der Waals surface area contributed by atoms with Crippen LogP contribution in [-0.2, 0) is 0 Å². The molecule has 0 aliphatic heterocycles. The Bertz CT molecular complexity index is 680. The van der Waals surface area contributed by atoms with Crippen molar-refractivity contribution in [2.45, 2.75) is 83.0 Å². The maximum atomic E-state index is 13.1. The second-order valence-corrected chi connectivity index (χ2v) is 9.23. The van der Waals surface area contributed by atoms with Crippen molar-refractivity contribution >= 4 is 0 Å². The molecule has 0 heterocycles. The first-order valence-electron chi connectivity index (χ1n) is 11.7. The van der Waals surface area contributed by atoms with E-state index in [2.05, 4.69) is 6.08 Å². The molecule has 156 valence electrons. The molecule has 2 fully saturated rings. The average Bonchev–Trinajstić information content (AvgIpc) is 2.76. The molecule has 0 unspecified atom stereocenters. The van der Waals surface area contributed by atoms with Crippen molar-refractivity contribution < 1.29 is 4.39 Å². The first kappa shape index (κ1) is 21.8. The van der Waals surface area contributed by atoms with Crippen LogP contribution in [0.5, 0.6) is 0 Å². The van der Waals surface area contributed by atoms with Crippen LogP contribution in [0.3, 0.4) is 0 Å². The van der Waals surface area contributed by atoms with Gasteiger partial charge in [0, 0.05) is 6.08 Å². The van der Waals surface area contributed by atoms with Gasteiger partial charge in [-0.2, -0.15) is 5.26 Å². The maximum Gasteiger partial charge on any atom is 0.123 e. The molecule has 1 nitrogen and oxygen atoms in total. The summed E-state index contributed by atoms with van der Waals surface area (Å²) in [5.41, 5.74) is 1.33. The van der Waals surface area contributed by atoms with Crippen molar-refractivity contribution in [1.29, 1.82) is 5.26 Å². The van der Waals surface area contributed by atoms with E-state index in [1.54, 1.807) is 12.1 Å². The van der Waals surface area contributed by atoms with Gasteiger partial charge in [-0.1, -0.05) is 68.9 Å². The van der Waals surface area contributed by atoms with Gasteiger partial charge in [-0.25, -0.2) is 4.39 Å². The van der Waals surface area contributed by atoms with E-state index in [0.717, 1.165) is 24.2 Å². The minimum Gasteiger partial charge on any atom is -0.207 e. The first-order valence-corrected chi connectivity index (χ1v) is 11.7. The fraction of sp³-hybridized carbons (Fsp3) is 0.593. The van der Waals surface area contributed by atoms with Gasteiger partial charge in [0.25, 0.3) is 0 Å². The summed E-state index contributed by atoms with van der Waals surface area (Å²) in [6.45, 7) is 0. The van der Waals surface area contributed by atoms with E-state index in [1.165, 1.54) is 82.3 Å². The van der Waals surface area contributed by atoms with E-state index in [4.69, 9.17) is 5.26 Å². The highest BCUT2D eigenvalue weighted by Crippen LogP contribution is 2.40. The first-order chi connectivity index (χ1) is 14.2. The van der Waals surface area contributed by atoms with Crippen molar-refractivity contribution in [3.63, 3.8) is 0 Å². The van der Waals surface area contributed by atoms with Crippen molar-refractivity contribution in [2.24, 2.45) is 17.8 Å². The second kappa shape index (κ2) is 12.0. The third-order valence-electron chi connectivity index (χ3n) is 7.30. The number of allylic oxidation sites excluding steroid dienone is 4. The Morgan fingerprint density at radius 3 is 1.93 bits per heavy atom. The molecule has 2 aliphatic rings. The number of benzene rings is 1. The van der Waals surface area contributed by atoms with Crippen LogP contribution in [-0.4, -0.2) is 0 Å². The Balaban J connectivity index is 1.27. The van der Waals surface area contributed by atoms with Gasteiger partial charge in [0.15, 0.2) is 0 Å². The molecule has 1 aromatic carbocycles. The summed E-state index contributed by atoms with van der Waals surface area (Å²) in [6.07, 6.45) is 23.8. The van der Waals surface area contributed by atoms with Crippen molar-refractivity contribution in [1.82, 2.24) is 0 Å². The zero-order valence-electron chi connectivity index (χ0n) is 17.7. The fourth-order valence-electron chi connectivity index (χ4n) is 5.40. The SMILES string of the molecule is N#C/C=C/C=C/CC[C@H]1CC[C@H](CC[C@H]2CC[C@H](c3ccc(F)cc3)CC2)CC1. The molecule has 2 aliphatic carbocycles. The molecule has 29 heavy (non-hydrogen) atoms. The third kappa shape index (κ3) is 7.46. The Hall–Kier alpha value is -1.88. The molecular formula is C27H36FN. The maximum absolute atomic E-state index is 13.1. The standard InChI is InChI=1S/C27H36FN/c28-27-19-17-26(18-20-27)25-15-13-24(14-16-25)12-11-23-9-7-22(8-10-23)6-4-2-1-3-5-21-29/h1-3,5,17-20,22-25H,4,6-16H2/b2-1+,5-3+/t22-,23-,24-,25-. The normalized spacial score (nSPS) is 28.0. The van der Waals surface area contributed by atoms with Crippen molar-refractivity contribution in [3.8, 4) is 6.07 Å². The van der Waals surface area contributed by atoms with Gasteiger partial charge in [0.2, 0.25) is 0 Å². The van der Waals surface area contributed by atoms with Crippen LogP contribution in [0, 0.1) is 34.9 Å². The molecule has 0 atom stereocenters. The van der Waals surface area contributed by atoms with Crippen LogP contribution < -0.4 is 0 Å². The van der Waals surface area contributed by atoms with Crippen LogP contribution in [0.2, 0.25) is 0 Å². The summed E-state index contributed by atoms with van der Waals surface area (Å²) in [6, 6.07) is 9.20. The lowest BCUT2D eigenvalue weighted by Crippen LogP contribution is -2.17. The molecular weight excluding hydrogens is 357 g/mol. The Labute approximate surface area is 176 Å². The Kier molecular flexibility index (Phi) is 9.00. The van der Waals surface area contributed by atoms with E-state index in [1.807, 2.05) is 30.4 Å². The summed E-state index contributed by atoms with van der Waals surface area (Å²) in [4.78, 5) is 0. The zero-order chi connectivity index (χ0) is 20.3. The monoisotopic (exact) mass is 393 g/mol. The summed E-state index contributed by atoms with van der Waals surface area (Å²) in [5, 5.41) is 8.46. The van der Waals surface area contributed by atoms with E-state index < -0.39 is 0 Å². The second-order valence-electron chi connectivity index (χ2n) is 9.23. The lowest BCUT2D eigenvalue weighted by Gasteiger charge is -2.32. The van der Waals surface area contributed by atoms with Gasteiger partial charge in [-0.3, -0.25) is 0 Å². The van der Waals surface area contributed by atoms with Crippen LogP contribution in [0.4, 0.5) is 4.39 Å².